The summed E-state index contributed by atoms with van der Waals surface area (Å²) in [6.45, 7) is 3.46. The van der Waals surface area contributed by atoms with Crippen molar-refractivity contribution in [3.8, 4) is 11.4 Å². The molecule has 2 aromatic carbocycles. The van der Waals surface area contributed by atoms with Crippen LogP contribution in [0.25, 0.3) is 11.4 Å². The van der Waals surface area contributed by atoms with E-state index >= 15 is 0 Å². The molecule has 8 heteroatoms. The number of thioether (sulfide) groups is 1. The standard InChI is InChI=1S/C21H23N5O2S/c1-4-18(20(28)23-17-10-8-14(9-11-17)13(2)27)29-21-25-24-19(26(21)3)15-6-5-7-16(22)12-15/h5-12,18H,4,22H2,1-3H3,(H,23,28). The minimum atomic E-state index is -0.334. The van der Waals surface area contributed by atoms with Crippen molar-refractivity contribution in [1.82, 2.24) is 14.8 Å². The highest BCUT2D eigenvalue weighted by molar-refractivity contribution is 8.00. The van der Waals surface area contributed by atoms with E-state index in [1.54, 1.807) is 24.3 Å². The second-order valence-corrected chi connectivity index (χ2v) is 7.80. The molecule has 3 rings (SSSR count). The van der Waals surface area contributed by atoms with Crippen molar-refractivity contribution in [1.29, 1.82) is 0 Å². The maximum absolute atomic E-state index is 12.7. The number of benzene rings is 2. The summed E-state index contributed by atoms with van der Waals surface area (Å²) in [5.74, 6) is 0.555. The third-order valence-corrected chi connectivity index (χ3v) is 5.85. The van der Waals surface area contributed by atoms with Gasteiger partial charge in [0.05, 0.1) is 5.25 Å². The molecule has 0 bridgehead atoms. The monoisotopic (exact) mass is 409 g/mol. The normalized spacial score (nSPS) is 11.8. The number of nitrogens with zero attached hydrogens (tertiary/aromatic N) is 3. The fourth-order valence-corrected chi connectivity index (χ4v) is 3.73. The largest absolute Gasteiger partial charge is 0.399 e. The Morgan fingerprint density at radius 1 is 1.17 bits per heavy atom. The predicted molar refractivity (Wildman–Crippen MR) is 116 cm³/mol. The zero-order valence-corrected chi connectivity index (χ0v) is 17.4. The first-order valence-corrected chi connectivity index (χ1v) is 10.1. The average Bonchev–Trinajstić information content (AvgIpc) is 3.06. The van der Waals surface area contributed by atoms with E-state index in [-0.39, 0.29) is 16.9 Å². The number of rotatable bonds is 7. The number of anilines is 2. The van der Waals surface area contributed by atoms with E-state index in [9.17, 15) is 9.59 Å². The molecule has 0 radical (unpaired) electrons. The van der Waals surface area contributed by atoms with Crippen LogP contribution in [-0.2, 0) is 11.8 Å². The summed E-state index contributed by atoms with van der Waals surface area (Å²) >= 11 is 1.36. The lowest BCUT2D eigenvalue weighted by atomic mass is 10.1. The molecular weight excluding hydrogens is 386 g/mol. The highest BCUT2D eigenvalue weighted by atomic mass is 32.2. The lowest BCUT2D eigenvalue weighted by molar-refractivity contribution is -0.115. The summed E-state index contributed by atoms with van der Waals surface area (Å²) in [6, 6.07) is 14.3. The molecule has 0 aliphatic heterocycles. The van der Waals surface area contributed by atoms with Gasteiger partial charge < -0.3 is 15.6 Å². The molecule has 1 atom stereocenters. The van der Waals surface area contributed by atoms with Gasteiger partial charge in [-0.3, -0.25) is 9.59 Å². The van der Waals surface area contributed by atoms with E-state index in [1.165, 1.54) is 18.7 Å². The van der Waals surface area contributed by atoms with Crippen molar-refractivity contribution in [2.75, 3.05) is 11.1 Å². The van der Waals surface area contributed by atoms with Crippen molar-refractivity contribution >= 4 is 34.8 Å². The third-order valence-electron chi connectivity index (χ3n) is 4.45. The highest BCUT2D eigenvalue weighted by Gasteiger charge is 2.22. The molecule has 1 heterocycles. The first-order chi connectivity index (χ1) is 13.9. The quantitative estimate of drug-likeness (QED) is 0.350. The van der Waals surface area contributed by atoms with Gasteiger partial charge in [0.2, 0.25) is 5.91 Å². The molecule has 0 spiro atoms. The molecule has 1 aromatic heterocycles. The van der Waals surface area contributed by atoms with Crippen LogP contribution in [0.5, 0.6) is 0 Å². The Labute approximate surface area is 173 Å². The Morgan fingerprint density at radius 3 is 2.52 bits per heavy atom. The number of nitrogen functional groups attached to an aromatic ring is 1. The van der Waals surface area contributed by atoms with Crippen LogP contribution in [0.15, 0.2) is 53.7 Å². The van der Waals surface area contributed by atoms with Crippen LogP contribution in [0.2, 0.25) is 0 Å². The molecule has 0 aliphatic rings. The van der Waals surface area contributed by atoms with E-state index in [0.29, 0.717) is 34.3 Å². The van der Waals surface area contributed by atoms with Gasteiger partial charge in [-0.15, -0.1) is 10.2 Å². The van der Waals surface area contributed by atoms with Gasteiger partial charge in [-0.05, 0) is 49.7 Å². The smallest absolute Gasteiger partial charge is 0.237 e. The maximum atomic E-state index is 12.7. The van der Waals surface area contributed by atoms with Crippen LogP contribution in [0, 0.1) is 0 Å². The van der Waals surface area contributed by atoms with E-state index in [0.717, 1.165) is 5.56 Å². The molecule has 7 nitrogen and oxygen atoms in total. The van der Waals surface area contributed by atoms with Gasteiger partial charge in [0.1, 0.15) is 0 Å². The van der Waals surface area contributed by atoms with Crippen molar-refractivity contribution in [2.45, 2.75) is 30.7 Å². The Bertz CT molecular complexity index is 1030. The van der Waals surface area contributed by atoms with Crippen LogP contribution in [-0.4, -0.2) is 31.7 Å². The second kappa shape index (κ2) is 8.91. The minimum Gasteiger partial charge on any atom is -0.399 e. The number of nitrogens with one attached hydrogen (secondary N) is 1. The molecule has 29 heavy (non-hydrogen) atoms. The summed E-state index contributed by atoms with van der Waals surface area (Å²) in [6.07, 6.45) is 0.627. The van der Waals surface area contributed by atoms with Crippen molar-refractivity contribution in [2.24, 2.45) is 7.05 Å². The van der Waals surface area contributed by atoms with E-state index in [2.05, 4.69) is 15.5 Å². The maximum Gasteiger partial charge on any atom is 0.237 e. The average molecular weight is 410 g/mol. The minimum absolute atomic E-state index is 0.0110. The van der Waals surface area contributed by atoms with Gasteiger partial charge in [-0.1, -0.05) is 30.8 Å². The molecule has 3 aromatic rings. The number of aromatic nitrogens is 3. The van der Waals surface area contributed by atoms with E-state index in [1.807, 2.05) is 42.8 Å². The van der Waals surface area contributed by atoms with Crippen molar-refractivity contribution in [3.05, 3.63) is 54.1 Å². The number of Topliss-reactive ketones (excluding diaryl/α,β-unsaturated/α-hetero) is 1. The molecule has 0 saturated heterocycles. The van der Waals surface area contributed by atoms with Crippen molar-refractivity contribution < 1.29 is 9.59 Å². The summed E-state index contributed by atoms with van der Waals surface area (Å²) < 4.78 is 1.86. The van der Waals surface area contributed by atoms with E-state index in [4.69, 9.17) is 5.73 Å². The van der Waals surface area contributed by atoms with Gasteiger partial charge in [-0.2, -0.15) is 0 Å². The molecule has 1 amide bonds. The van der Waals surface area contributed by atoms with Gasteiger partial charge in [0, 0.05) is 29.5 Å². The Balaban J connectivity index is 1.72. The molecule has 150 valence electrons. The van der Waals surface area contributed by atoms with Gasteiger partial charge >= 0.3 is 0 Å². The van der Waals surface area contributed by atoms with Gasteiger partial charge in [0.25, 0.3) is 0 Å². The van der Waals surface area contributed by atoms with Crippen LogP contribution in [0.1, 0.15) is 30.6 Å². The Kier molecular flexibility index (Phi) is 6.33. The lowest BCUT2D eigenvalue weighted by Gasteiger charge is -2.14. The number of hydrogen-bond acceptors (Lipinski definition) is 6. The molecule has 0 fully saturated rings. The van der Waals surface area contributed by atoms with Crippen LogP contribution in [0.3, 0.4) is 0 Å². The van der Waals surface area contributed by atoms with Crippen molar-refractivity contribution in [3.63, 3.8) is 0 Å². The fourth-order valence-electron chi connectivity index (χ4n) is 2.81. The van der Waals surface area contributed by atoms with Crippen LogP contribution < -0.4 is 11.1 Å². The first kappa shape index (κ1) is 20.6. The Morgan fingerprint density at radius 2 is 1.90 bits per heavy atom. The number of carbonyl (C=O) groups is 2. The number of ketones is 1. The number of carbonyl (C=O) groups excluding carboxylic acids is 2. The number of nitrogens with two attached hydrogens (primary N) is 1. The van der Waals surface area contributed by atoms with E-state index < -0.39 is 0 Å². The summed E-state index contributed by atoms with van der Waals surface area (Å²) in [5.41, 5.74) is 8.64. The lowest BCUT2D eigenvalue weighted by Crippen LogP contribution is -2.25. The summed E-state index contributed by atoms with van der Waals surface area (Å²) in [5, 5.41) is 11.7. The second-order valence-electron chi connectivity index (χ2n) is 6.63. The topological polar surface area (TPSA) is 103 Å². The summed E-state index contributed by atoms with van der Waals surface area (Å²) in [4.78, 5) is 24.1. The predicted octanol–water partition coefficient (Wildman–Crippen LogP) is 3.78. The molecule has 1 unspecified atom stereocenters. The fraction of sp³-hybridized carbons (Fsp3) is 0.238. The van der Waals surface area contributed by atoms with Crippen LogP contribution >= 0.6 is 11.8 Å². The molecule has 0 aliphatic carbocycles. The first-order valence-electron chi connectivity index (χ1n) is 9.23. The van der Waals surface area contributed by atoms with Gasteiger partial charge in [-0.25, -0.2) is 0 Å². The molecule has 3 N–H and O–H groups in total. The Hall–Kier alpha value is -3.13. The third kappa shape index (κ3) is 4.83. The number of hydrogen-bond donors (Lipinski definition) is 2. The van der Waals surface area contributed by atoms with Gasteiger partial charge in [0.15, 0.2) is 16.8 Å². The van der Waals surface area contributed by atoms with Crippen LogP contribution in [0.4, 0.5) is 11.4 Å². The molecule has 0 saturated carbocycles. The SMILES string of the molecule is CCC(Sc1nnc(-c2cccc(N)c2)n1C)C(=O)Nc1ccc(C(C)=O)cc1. The zero-order chi connectivity index (χ0) is 21.0. The summed E-state index contributed by atoms with van der Waals surface area (Å²) in [7, 11) is 1.87. The zero-order valence-electron chi connectivity index (χ0n) is 16.5. The number of amides is 1. The molecular formula is C21H23N5O2S. The highest BCUT2D eigenvalue weighted by Crippen LogP contribution is 2.28.